The predicted molar refractivity (Wildman–Crippen MR) is 157 cm³/mol. The number of amides is 3. The molecular formula is C31H44N4O6. The number of likely N-dealkylation sites (N-methyl/N-ethyl adjacent to an activating group) is 1. The van der Waals surface area contributed by atoms with Crippen LogP contribution in [0.3, 0.4) is 0 Å². The van der Waals surface area contributed by atoms with Gasteiger partial charge >= 0.3 is 5.97 Å². The van der Waals surface area contributed by atoms with E-state index in [9.17, 15) is 24.3 Å². The lowest BCUT2D eigenvalue weighted by molar-refractivity contribution is -0.149. The van der Waals surface area contributed by atoms with Gasteiger partial charge in [0.15, 0.2) is 0 Å². The number of allylic oxidation sites excluding steroid dienone is 3. The Labute approximate surface area is 243 Å². The first kappa shape index (κ1) is 33.4. The zero-order chi connectivity index (χ0) is 30.6. The van der Waals surface area contributed by atoms with Crippen LogP contribution in [0.4, 0.5) is 0 Å². The molecule has 0 bridgehead atoms. The van der Waals surface area contributed by atoms with Crippen LogP contribution in [0.5, 0.6) is 0 Å². The second-order valence-corrected chi connectivity index (χ2v) is 11.1. The summed E-state index contributed by atoms with van der Waals surface area (Å²) >= 11 is 0. The van der Waals surface area contributed by atoms with Gasteiger partial charge in [-0.1, -0.05) is 50.3 Å². The number of carboxylic acids is 1. The number of nitrogens with one attached hydrogen (secondary N) is 2. The number of benzene rings is 1. The Bertz CT molecular complexity index is 1140. The summed E-state index contributed by atoms with van der Waals surface area (Å²) in [6, 6.07) is 8.33. The molecule has 1 aliphatic rings. The molecule has 41 heavy (non-hydrogen) atoms. The molecule has 1 aromatic carbocycles. The van der Waals surface area contributed by atoms with Gasteiger partial charge in [-0.3, -0.25) is 29.0 Å². The van der Waals surface area contributed by atoms with Crippen molar-refractivity contribution >= 4 is 24.7 Å². The smallest absolute Gasteiger partial charge is 0.305 e. The monoisotopic (exact) mass is 568 g/mol. The van der Waals surface area contributed by atoms with Gasteiger partial charge in [0.25, 0.3) is 0 Å². The molecule has 2 rings (SSSR count). The molecule has 10 heteroatoms. The summed E-state index contributed by atoms with van der Waals surface area (Å²) < 4.78 is 5.45. The first-order valence-corrected chi connectivity index (χ1v) is 13.8. The normalized spacial score (nSPS) is 15.2. The maximum Gasteiger partial charge on any atom is 0.305 e. The van der Waals surface area contributed by atoms with Crippen LogP contribution in [-0.2, 0) is 23.9 Å². The molecule has 3 amide bonds. The van der Waals surface area contributed by atoms with Crippen molar-refractivity contribution in [3.05, 3.63) is 71.2 Å². The number of carboxylic acid groups (broad SMARTS) is 1. The zero-order valence-electron chi connectivity index (χ0n) is 24.9. The highest BCUT2D eigenvalue weighted by Gasteiger charge is 2.39. The maximum atomic E-state index is 13.9. The number of hydrogen-bond donors (Lipinski definition) is 3. The molecule has 10 nitrogen and oxygen atoms in total. The van der Waals surface area contributed by atoms with Crippen molar-refractivity contribution in [3.63, 3.8) is 0 Å². The highest BCUT2D eigenvalue weighted by molar-refractivity contribution is 5.93. The highest BCUT2D eigenvalue weighted by atomic mass is 16.5. The number of rotatable bonds is 17. The van der Waals surface area contributed by atoms with Crippen LogP contribution in [0.1, 0.15) is 58.6 Å². The van der Waals surface area contributed by atoms with Crippen LogP contribution < -0.4 is 10.6 Å². The number of ether oxygens (including phenoxy) is 1. The number of carbonyl (C=O) groups excluding carboxylic acids is 3. The number of imide groups is 1. The Kier molecular flexibility index (Phi) is 13.0. The van der Waals surface area contributed by atoms with Crippen molar-refractivity contribution in [2.24, 2.45) is 5.92 Å². The second kappa shape index (κ2) is 15.9. The largest absolute Gasteiger partial charge is 0.495 e. The van der Waals surface area contributed by atoms with E-state index in [1.165, 1.54) is 12.0 Å². The van der Waals surface area contributed by atoms with Gasteiger partial charge in [-0.25, -0.2) is 0 Å². The summed E-state index contributed by atoms with van der Waals surface area (Å²) in [6.45, 7) is 8.26. The van der Waals surface area contributed by atoms with Gasteiger partial charge in [0.2, 0.25) is 18.7 Å². The Morgan fingerprint density at radius 3 is 2.41 bits per heavy atom. The molecule has 1 aromatic rings. The average molecular weight is 569 g/mol. The van der Waals surface area contributed by atoms with E-state index in [2.05, 4.69) is 10.6 Å². The lowest BCUT2D eigenvalue weighted by atomic mass is 9.95. The fraction of sp³-hybridized carbons (Fsp3) is 0.484. The number of carbonyl (C=O) groups is 4. The molecule has 0 saturated carbocycles. The van der Waals surface area contributed by atoms with Gasteiger partial charge < -0.3 is 20.5 Å². The van der Waals surface area contributed by atoms with Crippen LogP contribution in [0.25, 0.3) is 0 Å². The van der Waals surface area contributed by atoms with Gasteiger partial charge in [-0.05, 0) is 62.9 Å². The lowest BCUT2D eigenvalue weighted by Crippen LogP contribution is -2.58. The van der Waals surface area contributed by atoms with Crippen LogP contribution in [0.2, 0.25) is 0 Å². The van der Waals surface area contributed by atoms with Crippen LogP contribution in [-0.4, -0.2) is 78.4 Å². The van der Waals surface area contributed by atoms with Crippen molar-refractivity contribution in [1.82, 2.24) is 20.4 Å². The summed E-state index contributed by atoms with van der Waals surface area (Å²) in [5.74, 6) is -0.609. The van der Waals surface area contributed by atoms with Crippen LogP contribution in [0, 0.1) is 5.92 Å². The van der Waals surface area contributed by atoms with Gasteiger partial charge in [0.1, 0.15) is 5.76 Å². The van der Waals surface area contributed by atoms with Crippen molar-refractivity contribution in [1.29, 1.82) is 0 Å². The predicted octanol–water partition coefficient (Wildman–Crippen LogP) is 3.39. The minimum Gasteiger partial charge on any atom is -0.495 e. The standard InChI is InChI=1S/C31H44N4O6/c1-22(2)15-25(18-32-27(17-29(38)39)24-12-8-7-9-13-24)35(21-37)30(40)31(3,4)34(5)19-23-11-10-14-26(33-20-36)28(16-23)41-6/h7-10,12-14,16,20-22,25,27,32H,11,15,17-19H2,1-6H3,(H,33,36)(H,38,39). The van der Waals surface area contributed by atoms with E-state index in [0.717, 1.165) is 11.1 Å². The van der Waals surface area contributed by atoms with Crippen molar-refractivity contribution in [2.75, 3.05) is 27.2 Å². The third kappa shape index (κ3) is 9.68. The Morgan fingerprint density at radius 2 is 1.85 bits per heavy atom. The molecule has 3 N–H and O–H groups in total. The topological polar surface area (TPSA) is 128 Å². The summed E-state index contributed by atoms with van der Waals surface area (Å²) in [7, 11) is 3.35. The van der Waals surface area contributed by atoms with E-state index < -0.39 is 23.6 Å². The van der Waals surface area contributed by atoms with Gasteiger partial charge in [-0.15, -0.1) is 0 Å². The summed E-state index contributed by atoms with van der Waals surface area (Å²) in [5, 5.41) is 15.4. The maximum absolute atomic E-state index is 13.9. The third-order valence-electron chi connectivity index (χ3n) is 7.28. The minimum atomic E-state index is -1.05. The highest BCUT2D eigenvalue weighted by Crippen LogP contribution is 2.24. The first-order valence-electron chi connectivity index (χ1n) is 13.8. The number of methoxy groups -OCH3 is 1. The molecule has 0 aliphatic heterocycles. The number of nitrogens with zero attached hydrogens (tertiary/aromatic N) is 2. The average Bonchev–Trinajstić information content (AvgIpc) is 3.12. The molecule has 2 unspecified atom stereocenters. The fourth-order valence-corrected chi connectivity index (χ4v) is 4.76. The first-order chi connectivity index (χ1) is 19.4. The minimum absolute atomic E-state index is 0.132. The molecule has 2 atom stereocenters. The molecule has 0 aromatic heterocycles. The quantitative estimate of drug-likeness (QED) is 0.244. The summed E-state index contributed by atoms with van der Waals surface area (Å²) in [5.41, 5.74) is 1.28. The molecule has 224 valence electrons. The van der Waals surface area contributed by atoms with Crippen molar-refractivity contribution in [2.45, 2.75) is 64.6 Å². The zero-order valence-corrected chi connectivity index (χ0v) is 24.9. The Morgan fingerprint density at radius 1 is 1.17 bits per heavy atom. The van der Waals surface area contributed by atoms with Crippen LogP contribution >= 0.6 is 0 Å². The Hall–Kier alpha value is -3.76. The van der Waals surface area contributed by atoms with Gasteiger partial charge in [0, 0.05) is 19.1 Å². The van der Waals surface area contributed by atoms with Crippen molar-refractivity contribution < 1.29 is 29.0 Å². The van der Waals surface area contributed by atoms with E-state index >= 15 is 0 Å². The van der Waals surface area contributed by atoms with E-state index in [1.54, 1.807) is 19.9 Å². The number of aliphatic carboxylic acids is 1. The van der Waals surface area contributed by atoms with E-state index in [0.29, 0.717) is 43.7 Å². The molecular weight excluding hydrogens is 524 g/mol. The molecule has 0 fully saturated rings. The third-order valence-corrected chi connectivity index (χ3v) is 7.28. The summed E-state index contributed by atoms with van der Waals surface area (Å²) in [6.07, 6.45) is 7.71. The van der Waals surface area contributed by atoms with E-state index in [1.807, 2.05) is 68.3 Å². The van der Waals surface area contributed by atoms with Gasteiger partial charge in [-0.2, -0.15) is 0 Å². The van der Waals surface area contributed by atoms with E-state index in [-0.39, 0.29) is 24.8 Å². The SMILES string of the molecule is COC1=C(NC=O)C=CCC(CN(C)C(C)(C)C(=O)N(C=O)C(CNC(CC(=O)O)c2ccccc2)CC(C)C)=C1. The van der Waals surface area contributed by atoms with Crippen molar-refractivity contribution in [3.8, 4) is 0 Å². The Balaban J connectivity index is 2.26. The van der Waals surface area contributed by atoms with Gasteiger partial charge in [0.05, 0.1) is 30.8 Å². The molecule has 0 spiro atoms. The fourth-order valence-electron chi connectivity index (χ4n) is 4.76. The molecule has 1 aliphatic carbocycles. The molecule has 0 radical (unpaired) electrons. The van der Waals surface area contributed by atoms with E-state index in [4.69, 9.17) is 4.74 Å². The number of hydrogen-bond acceptors (Lipinski definition) is 7. The lowest BCUT2D eigenvalue weighted by Gasteiger charge is -2.40. The molecule has 0 saturated heterocycles. The summed E-state index contributed by atoms with van der Waals surface area (Å²) in [4.78, 5) is 52.0. The van der Waals surface area contributed by atoms with Crippen LogP contribution in [0.15, 0.2) is 65.6 Å². The molecule has 0 heterocycles. The second-order valence-electron chi connectivity index (χ2n) is 11.1.